The molecule has 9 rings (SSSR count). The molecule has 3 amide bonds. The van der Waals surface area contributed by atoms with Gasteiger partial charge in [-0.25, -0.2) is 14.8 Å². The predicted octanol–water partition coefficient (Wildman–Crippen LogP) is 6.64. The molecule has 3 aromatic carbocycles. The highest BCUT2D eigenvalue weighted by Gasteiger charge is 2.26. The van der Waals surface area contributed by atoms with Crippen molar-refractivity contribution in [2.75, 3.05) is 90.8 Å². The summed E-state index contributed by atoms with van der Waals surface area (Å²) in [7, 11) is 0. The number of amides is 3. The van der Waals surface area contributed by atoms with E-state index in [1.807, 2.05) is 24.5 Å². The van der Waals surface area contributed by atoms with Gasteiger partial charge in [-0.2, -0.15) is 0 Å². The summed E-state index contributed by atoms with van der Waals surface area (Å²) < 4.78 is 5.73. The fraction of sp³-hybridized carbons (Fsp3) is 0.349. The molecular weight excluding hydrogens is 691 g/mol. The lowest BCUT2D eigenvalue weighted by atomic mass is 9.95. The van der Waals surface area contributed by atoms with E-state index >= 15 is 0 Å². The molecule has 12 heteroatoms. The number of pyridine rings is 2. The van der Waals surface area contributed by atoms with E-state index in [0.29, 0.717) is 31.4 Å². The van der Waals surface area contributed by atoms with Gasteiger partial charge in [0.15, 0.2) is 0 Å². The number of carbonyl (C=O) groups is 2. The second-order valence-electron chi connectivity index (χ2n) is 15.0. The smallest absolute Gasteiger partial charge is 0.328 e. The Balaban J connectivity index is 0.750. The molecule has 0 atom stereocenters. The Labute approximate surface area is 321 Å². The van der Waals surface area contributed by atoms with E-state index in [4.69, 9.17) is 9.72 Å². The van der Waals surface area contributed by atoms with E-state index < -0.39 is 0 Å². The van der Waals surface area contributed by atoms with Gasteiger partial charge in [-0.3, -0.25) is 19.9 Å². The first kappa shape index (κ1) is 34.9. The van der Waals surface area contributed by atoms with E-state index in [2.05, 4.69) is 103 Å². The minimum absolute atomic E-state index is 0.212. The van der Waals surface area contributed by atoms with Gasteiger partial charge in [-0.05, 0) is 103 Å². The van der Waals surface area contributed by atoms with Crippen molar-refractivity contribution < 1.29 is 14.3 Å². The van der Waals surface area contributed by atoms with Crippen LogP contribution in [0.4, 0.5) is 39.0 Å². The van der Waals surface area contributed by atoms with Gasteiger partial charge in [0.2, 0.25) is 11.8 Å². The Hall–Kier alpha value is -5.88. The first-order valence-corrected chi connectivity index (χ1v) is 19.5. The van der Waals surface area contributed by atoms with Gasteiger partial charge in [0.25, 0.3) is 0 Å². The maximum atomic E-state index is 12.2. The molecule has 4 aliphatic heterocycles. The number of fused-ring (bicyclic) bond motifs is 2. The van der Waals surface area contributed by atoms with Gasteiger partial charge in [0.1, 0.15) is 18.1 Å². The summed E-state index contributed by atoms with van der Waals surface area (Å²) in [5.41, 5.74) is 8.62. The number of urea groups is 1. The minimum Gasteiger partial charge on any atom is -0.474 e. The zero-order chi connectivity index (χ0) is 37.3. The lowest BCUT2D eigenvalue weighted by Crippen LogP contribution is -2.49. The van der Waals surface area contributed by atoms with Crippen LogP contribution >= 0.6 is 0 Å². The summed E-state index contributed by atoms with van der Waals surface area (Å²) >= 11 is 0. The average molecular weight is 738 g/mol. The number of imide groups is 1. The molecule has 0 saturated carbocycles. The van der Waals surface area contributed by atoms with Gasteiger partial charge in [-0.15, -0.1) is 0 Å². The molecule has 6 heterocycles. The van der Waals surface area contributed by atoms with Crippen molar-refractivity contribution in [3.63, 3.8) is 0 Å². The highest BCUT2D eigenvalue weighted by atomic mass is 16.5. The number of piperidine rings is 1. The zero-order valence-corrected chi connectivity index (χ0v) is 31.3. The molecule has 0 unspecified atom stereocenters. The third kappa shape index (κ3) is 7.46. The largest absolute Gasteiger partial charge is 0.474 e. The Kier molecular flexibility index (Phi) is 9.57. The second-order valence-corrected chi connectivity index (χ2v) is 15.0. The summed E-state index contributed by atoms with van der Waals surface area (Å²) in [6.07, 6.45) is 6.57. The molecule has 0 spiro atoms. The van der Waals surface area contributed by atoms with Gasteiger partial charge in [0.05, 0.1) is 0 Å². The quantitative estimate of drug-likeness (QED) is 0.160. The number of ether oxygens (including phenoxy) is 1. The van der Waals surface area contributed by atoms with Crippen molar-refractivity contribution >= 4 is 57.0 Å². The van der Waals surface area contributed by atoms with Crippen molar-refractivity contribution in [1.29, 1.82) is 0 Å². The molecule has 5 aromatic rings. The lowest BCUT2D eigenvalue weighted by molar-refractivity contribution is -0.120. The highest BCUT2D eigenvalue weighted by molar-refractivity contribution is 6.05. The molecule has 3 saturated heterocycles. The van der Waals surface area contributed by atoms with Crippen molar-refractivity contribution in [2.45, 2.75) is 26.2 Å². The summed E-state index contributed by atoms with van der Waals surface area (Å²) in [4.78, 5) is 42.2. The molecule has 3 fully saturated rings. The lowest BCUT2D eigenvalue weighted by Gasteiger charge is -2.40. The van der Waals surface area contributed by atoms with Crippen LogP contribution in [-0.2, 0) is 4.79 Å². The standard InChI is InChI=1S/C43H47N9O3/c1-29-38(27-46-42-41(29)44-15-23-55-42)31-2-3-32-26-45-39(25-33(32)24-31)47-34-4-6-35(7-5-34)50-16-12-30(13-17-50)28-49-19-21-51(22-20-49)36-8-10-37(11-9-36)52-18-14-40(53)48-43(52)54/h2-11,24-27,30,44H,12-23,28H2,1H3,(H,45,47)(H,48,53,54). The Morgan fingerprint density at radius 2 is 1.51 bits per heavy atom. The normalized spacial score (nSPS) is 18.1. The van der Waals surface area contributed by atoms with Crippen molar-refractivity contribution in [3.8, 4) is 17.0 Å². The third-order valence-electron chi connectivity index (χ3n) is 11.6. The molecule has 12 nitrogen and oxygen atoms in total. The van der Waals surface area contributed by atoms with Gasteiger partial charge in [0, 0.05) is 111 Å². The van der Waals surface area contributed by atoms with Crippen LogP contribution in [0.3, 0.4) is 0 Å². The Morgan fingerprint density at radius 1 is 0.782 bits per heavy atom. The number of hydrogen-bond acceptors (Lipinski definition) is 10. The number of anilines is 6. The first-order chi connectivity index (χ1) is 26.9. The fourth-order valence-electron chi connectivity index (χ4n) is 8.37. The molecule has 4 aliphatic rings. The Morgan fingerprint density at radius 3 is 2.27 bits per heavy atom. The molecule has 0 aliphatic carbocycles. The molecule has 0 bridgehead atoms. The number of piperazine rings is 1. The molecule has 282 valence electrons. The predicted molar refractivity (Wildman–Crippen MR) is 219 cm³/mol. The monoisotopic (exact) mass is 737 g/mol. The van der Waals surface area contributed by atoms with Crippen LogP contribution in [0.2, 0.25) is 0 Å². The minimum atomic E-state index is -0.343. The molecule has 2 aromatic heterocycles. The number of rotatable bonds is 8. The van der Waals surface area contributed by atoms with E-state index in [1.165, 1.54) is 24.2 Å². The topological polar surface area (TPSA) is 118 Å². The molecule has 0 radical (unpaired) electrons. The van der Waals surface area contributed by atoms with Crippen molar-refractivity contribution in [1.82, 2.24) is 20.2 Å². The fourth-order valence-corrected chi connectivity index (χ4v) is 8.37. The summed E-state index contributed by atoms with van der Waals surface area (Å²) in [5, 5.41) is 11.6. The van der Waals surface area contributed by atoms with Crippen molar-refractivity contribution in [2.24, 2.45) is 5.92 Å². The maximum absolute atomic E-state index is 12.2. The number of aromatic nitrogens is 2. The number of nitrogens with one attached hydrogen (secondary N) is 3. The number of carbonyl (C=O) groups excluding carboxylic acids is 2. The van der Waals surface area contributed by atoms with E-state index in [1.54, 1.807) is 4.90 Å². The van der Waals surface area contributed by atoms with E-state index in [-0.39, 0.29) is 11.9 Å². The molecule has 55 heavy (non-hydrogen) atoms. The van der Waals surface area contributed by atoms with E-state index in [0.717, 1.165) is 103 Å². The van der Waals surface area contributed by atoms with Crippen LogP contribution in [-0.4, -0.2) is 92.3 Å². The number of hydrogen-bond donors (Lipinski definition) is 3. The average Bonchev–Trinajstić information content (AvgIpc) is 3.22. The number of benzene rings is 3. The van der Waals surface area contributed by atoms with Crippen LogP contribution in [0, 0.1) is 12.8 Å². The summed E-state index contributed by atoms with van der Waals surface area (Å²) in [6.45, 7) is 11.4. The van der Waals surface area contributed by atoms with Crippen LogP contribution in [0.5, 0.6) is 5.88 Å². The summed E-state index contributed by atoms with van der Waals surface area (Å²) in [5.74, 6) is 1.99. The number of nitrogens with zero attached hydrogens (tertiary/aromatic N) is 6. The van der Waals surface area contributed by atoms with Gasteiger partial charge in [-0.1, -0.05) is 12.1 Å². The second kappa shape index (κ2) is 15.1. The van der Waals surface area contributed by atoms with E-state index in [9.17, 15) is 9.59 Å². The van der Waals surface area contributed by atoms with Gasteiger partial charge < -0.3 is 25.2 Å². The van der Waals surface area contributed by atoms with Crippen LogP contribution < -0.4 is 35.4 Å². The van der Waals surface area contributed by atoms with Crippen LogP contribution in [0.25, 0.3) is 21.9 Å². The Bertz CT molecular complexity index is 2190. The van der Waals surface area contributed by atoms with Gasteiger partial charge >= 0.3 is 6.03 Å². The van der Waals surface area contributed by atoms with Crippen molar-refractivity contribution in [3.05, 3.63) is 90.8 Å². The highest BCUT2D eigenvalue weighted by Crippen LogP contribution is 2.36. The van der Waals surface area contributed by atoms with Crippen LogP contribution in [0.15, 0.2) is 85.2 Å². The SMILES string of the molecule is Cc1c(-c2ccc3cnc(Nc4ccc(N5CCC(CN6CCN(c7ccc(N8CCC(=O)NC8=O)cc7)CC6)CC5)cc4)cc3c2)cnc2c1NCCO2. The van der Waals surface area contributed by atoms with Crippen LogP contribution in [0.1, 0.15) is 24.8 Å². The third-order valence-corrected chi connectivity index (χ3v) is 11.6. The molecule has 3 N–H and O–H groups in total. The maximum Gasteiger partial charge on any atom is 0.328 e. The summed E-state index contributed by atoms with van der Waals surface area (Å²) in [6, 6.07) is 25.1. The molecular formula is C43H47N9O3. The zero-order valence-electron chi connectivity index (χ0n) is 31.3. The first-order valence-electron chi connectivity index (χ1n) is 19.5.